The highest BCUT2D eigenvalue weighted by molar-refractivity contribution is 5.89. The summed E-state index contributed by atoms with van der Waals surface area (Å²) in [5.74, 6) is -0.896. The van der Waals surface area contributed by atoms with Gasteiger partial charge in [0, 0.05) is 17.5 Å². The average molecular weight is 215 g/mol. The zero-order valence-electron chi connectivity index (χ0n) is 9.24. The molecule has 0 fully saturated rings. The molecule has 2 rings (SSSR count). The Morgan fingerprint density at radius 2 is 2.06 bits per heavy atom. The summed E-state index contributed by atoms with van der Waals surface area (Å²) in [4.78, 5) is 14.0. The summed E-state index contributed by atoms with van der Waals surface area (Å²) in [5, 5.41) is 8.94. The van der Waals surface area contributed by atoms with Gasteiger partial charge in [0.25, 0.3) is 0 Å². The molecule has 0 saturated carbocycles. The molecule has 0 amide bonds. The molecule has 3 heteroatoms. The molecule has 1 aromatic carbocycles. The monoisotopic (exact) mass is 215 g/mol. The quantitative estimate of drug-likeness (QED) is 0.809. The number of H-pyrrole nitrogens is 1. The number of benzene rings is 1. The van der Waals surface area contributed by atoms with E-state index >= 15 is 0 Å². The minimum Gasteiger partial charge on any atom is -0.478 e. The van der Waals surface area contributed by atoms with Crippen LogP contribution in [0.4, 0.5) is 0 Å². The van der Waals surface area contributed by atoms with E-state index < -0.39 is 5.97 Å². The Hall–Kier alpha value is -2.03. The molecule has 0 aliphatic heterocycles. The summed E-state index contributed by atoms with van der Waals surface area (Å²) >= 11 is 0. The van der Waals surface area contributed by atoms with Gasteiger partial charge in [0.1, 0.15) is 0 Å². The molecule has 0 bridgehead atoms. The molecule has 0 spiro atoms. The molecular formula is C13H13NO2. The molecule has 0 aliphatic carbocycles. The molecule has 1 aromatic heterocycles. The standard InChI is InChI=1S/C13H13NO2/c1-8-7-14-9(2)12(8)10-4-3-5-11(6-10)13(15)16/h3-7,14H,1-2H3,(H,15,16). The van der Waals surface area contributed by atoms with Crippen LogP contribution in [-0.4, -0.2) is 16.1 Å². The van der Waals surface area contributed by atoms with Gasteiger partial charge in [-0.25, -0.2) is 4.79 Å². The Kier molecular flexibility index (Phi) is 2.52. The van der Waals surface area contributed by atoms with E-state index in [4.69, 9.17) is 5.11 Å². The molecule has 0 saturated heterocycles. The number of aromatic carboxylic acids is 1. The van der Waals surface area contributed by atoms with Gasteiger partial charge in [-0.3, -0.25) is 0 Å². The molecule has 1 heterocycles. The van der Waals surface area contributed by atoms with Gasteiger partial charge in [0.2, 0.25) is 0 Å². The molecule has 3 nitrogen and oxygen atoms in total. The number of aryl methyl sites for hydroxylation is 2. The van der Waals surface area contributed by atoms with Crippen molar-refractivity contribution in [3.8, 4) is 11.1 Å². The zero-order valence-corrected chi connectivity index (χ0v) is 9.24. The number of carboxylic acids is 1. The third-order valence-electron chi connectivity index (χ3n) is 2.67. The zero-order chi connectivity index (χ0) is 11.7. The third-order valence-corrected chi connectivity index (χ3v) is 2.67. The van der Waals surface area contributed by atoms with Crippen LogP contribution in [0.2, 0.25) is 0 Å². The molecular weight excluding hydrogens is 202 g/mol. The fourth-order valence-corrected chi connectivity index (χ4v) is 1.91. The van der Waals surface area contributed by atoms with Gasteiger partial charge in [-0.05, 0) is 37.1 Å². The average Bonchev–Trinajstić information content (AvgIpc) is 2.59. The van der Waals surface area contributed by atoms with Crippen LogP contribution in [-0.2, 0) is 0 Å². The second kappa shape index (κ2) is 3.85. The molecule has 2 N–H and O–H groups in total. The summed E-state index contributed by atoms with van der Waals surface area (Å²) in [7, 11) is 0. The van der Waals surface area contributed by atoms with Crippen LogP contribution < -0.4 is 0 Å². The maximum Gasteiger partial charge on any atom is 0.335 e. The molecule has 0 radical (unpaired) electrons. The molecule has 0 aliphatic rings. The highest BCUT2D eigenvalue weighted by Gasteiger charge is 2.09. The third kappa shape index (κ3) is 1.72. The Balaban J connectivity index is 2.57. The van der Waals surface area contributed by atoms with Crippen molar-refractivity contribution in [1.29, 1.82) is 0 Å². The van der Waals surface area contributed by atoms with Crippen LogP contribution in [0.25, 0.3) is 11.1 Å². The van der Waals surface area contributed by atoms with Gasteiger partial charge in [0.15, 0.2) is 0 Å². The van der Waals surface area contributed by atoms with Gasteiger partial charge in [-0.15, -0.1) is 0 Å². The molecule has 16 heavy (non-hydrogen) atoms. The Morgan fingerprint density at radius 1 is 1.31 bits per heavy atom. The van der Waals surface area contributed by atoms with Crippen molar-refractivity contribution in [2.45, 2.75) is 13.8 Å². The first-order chi connectivity index (χ1) is 7.59. The highest BCUT2D eigenvalue weighted by Crippen LogP contribution is 2.27. The second-order valence-corrected chi connectivity index (χ2v) is 3.86. The van der Waals surface area contributed by atoms with Crippen molar-refractivity contribution in [2.24, 2.45) is 0 Å². The van der Waals surface area contributed by atoms with Crippen LogP contribution in [0.1, 0.15) is 21.6 Å². The number of aromatic nitrogens is 1. The van der Waals surface area contributed by atoms with Crippen molar-refractivity contribution in [3.05, 3.63) is 47.3 Å². The number of nitrogens with one attached hydrogen (secondary N) is 1. The smallest absolute Gasteiger partial charge is 0.335 e. The first-order valence-electron chi connectivity index (χ1n) is 5.08. The van der Waals surface area contributed by atoms with Crippen molar-refractivity contribution < 1.29 is 9.90 Å². The van der Waals surface area contributed by atoms with E-state index in [0.717, 1.165) is 22.4 Å². The minimum absolute atomic E-state index is 0.317. The summed E-state index contributed by atoms with van der Waals surface area (Å²) in [6.45, 7) is 3.99. The van der Waals surface area contributed by atoms with E-state index in [1.807, 2.05) is 26.1 Å². The number of carboxylic acid groups (broad SMARTS) is 1. The SMILES string of the molecule is Cc1c[nH]c(C)c1-c1cccc(C(=O)O)c1. The first-order valence-corrected chi connectivity index (χ1v) is 5.08. The molecule has 0 atom stereocenters. The lowest BCUT2D eigenvalue weighted by atomic mass is 10.0. The van der Waals surface area contributed by atoms with E-state index in [-0.39, 0.29) is 0 Å². The summed E-state index contributed by atoms with van der Waals surface area (Å²) in [6, 6.07) is 6.99. The Bertz CT molecular complexity index is 521. The topological polar surface area (TPSA) is 53.1 Å². The number of rotatable bonds is 2. The maximum atomic E-state index is 10.9. The normalized spacial score (nSPS) is 10.4. The van der Waals surface area contributed by atoms with Crippen LogP contribution in [0.3, 0.4) is 0 Å². The first kappa shape index (κ1) is 10.5. The Morgan fingerprint density at radius 3 is 2.62 bits per heavy atom. The predicted molar refractivity (Wildman–Crippen MR) is 62.7 cm³/mol. The van der Waals surface area contributed by atoms with Crippen LogP contribution in [0, 0.1) is 13.8 Å². The summed E-state index contributed by atoms with van der Waals surface area (Å²) in [5.41, 5.74) is 4.52. The Labute approximate surface area is 93.7 Å². The lowest BCUT2D eigenvalue weighted by Crippen LogP contribution is -1.96. The van der Waals surface area contributed by atoms with Crippen molar-refractivity contribution in [1.82, 2.24) is 4.98 Å². The van der Waals surface area contributed by atoms with Crippen molar-refractivity contribution in [3.63, 3.8) is 0 Å². The van der Waals surface area contributed by atoms with E-state index in [1.54, 1.807) is 18.2 Å². The van der Waals surface area contributed by atoms with E-state index in [0.29, 0.717) is 5.56 Å². The number of aromatic amines is 1. The molecule has 2 aromatic rings. The van der Waals surface area contributed by atoms with Gasteiger partial charge in [0.05, 0.1) is 5.56 Å². The minimum atomic E-state index is -0.896. The van der Waals surface area contributed by atoms with Crippen molar-refractivity contribution >= 4 is 5.97 Å². The number of hydrogen-bond donors (Lipinski definition) is 2. The van der Waals surface area contributed by atoms with Gasteiger partial charge >= 0.3 is 5.97 Å². The van der Waals surface area contributed by atoms with Crippen LogP contribution >= 0.6 is 0 Å². The summed E-state index contributed by atoms with van der Waals surface area (Å²) < 4.78 is 0. The highest BCUT2D eigenvalue weighted by atomic mass is 16.4. The van der Waals surface area contributed by atoms with Gasteiger partial charge < -0.3 is 10.1 Å². The summed E-state index contributed by atoms with van der Waals surface area (Å²) in [6.07, 6.45) is 1.93. The lowest BCUT2D eigenvalue weighted by molar-refractivity contribution is 0.0697. The lowest BCUT2D eigenvalue weighted by Gasteiger charge is -2.04. The fourth-order valence-electron chi connectivity index (χ4n) is 1.91. The molecule has 0 unspecified atom stereocenters. The van der Waals surface area contributed by atoms with E-state index in [2.05, 4.69) is 4.98 Å². The van der Waals surface area contributed by atoms with E-state index in [1.165, 1.54) is 0 Å². The van der Waals surface area contributed by atoms with E-state index in [9.17, 15) is 4.79 Å². The predicted octanol–water partition coefficient (Wildman–Crippen LogP) is 3.00. The number of hydrogen-bond acceptors (Lipinski definition) is 1. The second-order valence-electron chi connectivity index (χ2n) is 3.86. The van der Waals surface area contributed by atoms with Gasteiger partial charge in [-0.2, -0.15) is 0 Å². The molecule has 82 valence electrons. The van der Waals surface area contributed by atoms with Crippen LogP contribution in [0.15, 0.2) is 30.5 Å². The maximum absolute atomic E-state index is 10.9. The van der Waals surface area contributed by atoms with Gasteiger partial charge in [-0.1, -0.05) is 12.1 Å². The van der Waals surface area contributed by atoms with Crippen molar-refractivity contribution in [2.75, 3.05) is 0 Å². The fraction of sp³-hybridized carbons (Fsp3) is 0.154. The largest absolute Gasteiger partial charge is 0.478 e. The number of carbonyl (C=O) groups is 1. The van der Waals surface area contributed by atoms with Crippen LogP contribution in [0.5, 0.6) is 0 Å².